The number of nitriles is 1. The van der Waals surface area contributed by atoms with Crippen molar-refractivity contribution in [3.05, 3.63) is 65.2 Å². The molecule has 0 fully saturated rings. The zero-order chi connectivity index (χ0) is 14.6. The van der Waals surface area contributed by atoms with Crippen LogP contribution < -0.4 is 5.32 Å². The lowest BCUT2D eigenvalue weighted by Gasteiger charge is -2.11. The maximum absolute atomic E-state index is 12.6. The minimum absolute atomic E-state index is 0.225. The van der Waals surface area contributed by atoms with Gasteiger partial charge in [0.2, 0.25) is 0 Å². The minimum Gasteiger partial charge on any atom is -0.380 e. The highest BCUT2D eigenvalue weighted by Crippen LogP contribution is 2.29. The van der Waals surface area contributed by atoms with Gasteiger partial charge in [-0.25, -0.2) is 0 Å². The SMILES string of the molecule is N#Cc1ccccc1NCc1cccc(C(F)(F)F)c1. The van der Waals surface area contributed by atoms with E-state index >= 15 is 0 Å². The Morgan fingerprint density at radius 1 is 1.05 bits per heavy atom. The number of hydrogen-bond acceptors (Lipinski definition) is 2. The highest BCUT2D eigenvalue weighted by molar-refractivity contribution is 5.57. The van der Waals surface area contributed by atoms with E-state index in [9.17, 15) is 13.2 Å². The third kappa shape index (κ3) is 3.29. The van der Waals surface area contributed by atoms with Crippen LogP contribution in [-0.4, -0.2) is 0 Å². The quantitative estimate of drug-likeness (QED) is 0.912. The highest BCUT2D eigenvalue weighted by atomic mass is 19.4. The average Bonchev–Trinajstić information content (AvgIpc) is 2.45. The molecule has 0 saturated heterocycles. The van der Waals surface area contributed by atoms with Gasteiger partial charge in [-0.2, -0.15) is 18.4 Å². The van der Waals surface area contributed by atoms with Crippen LogP contribution in [0.4, 0.5) is 18.9 Å². The van der Waals surface area contributed by atoms with Gasteiger partial charge >= 0.3 is 6.18 Å². The van der Waals surface area contributed by atoms with Gasteiger partial charge in [0.15, 0.2) is 0 Å². The summed E-state index contributed by atoms with van der Waals surface area (Å²) in [5.74, 6) is 0. The van der Waals surface area contributed by atoms with E-state index in [-0.39, 0.29) is 6.54 Å². The molecule has 2 nitrogen and oxygen atoms in total. The number of benzene rings is 2. The smallest absolute Gasteiger partial charge is 0.380 e. The van der Waals surface area contributed by atoms with E-state index in [4.69, 9.17) is 5.26 Å². The summed E-state index contributed by atoms with van der Waals surface area (Å²) in [5.41, 5.74) is 0.893. The van der Waals surface area contributed by atoms with Gasteiger partial charge in [-0.15, -0.1) is 0 Å². The molecule has 0 amide bonds. The molecule has 0 unspecified atom stereocenters. The molecular weight excluding hydrogens is 265 g/mol. The van der Waals surface area contributed by atoms with Crippen LogP contribution in [0.25, 0.3) is 0 Å². The Morgan fingerprint density at radius 3 is 2.50 bits per heavy atom. The second kappa shape index (κ2) is 5.66. The number of halogens is 3. The maximum Gasteiger partial charge on any atom is 0.416 e. The summed E-state index contributed by atoms with van der Waals surface area (Å²) in [6.45, 7) is 0.225. The Labute approximate surface area is 114 Å². The van der Waals surface area contributed by atoms with Crippen LogP contribution >= 0.6 is 0 Å². The van der Waals surface area contributed by atoms with Gasteiger partial charge < -0.3 is 5.32 Å². The van der Waals surface area contributed by atoms with Gasteiger partial charge in [0.1, 0.15) is 6.07 Å². The van der Waals surface area contributed by atoms with Crippen molar-refractivity contribution in [2.75, 3.05) is 5.32 Å². The normalized spacial score (nSPS) is 10.9. The standard InChI is InChI=1S/C15H11F3N2/c16-15(17,18)13-6-3-4-11(8-13)10-20-14-7-2-1-5-12(14)9-19/h1-8,20H,10H2. The van der Waals surface area contributed by atoms with Crippen LogP contribution in [0.2, 0.25) is 0 Å². The molecule has 0 spiro atoms. The Bertz CT molecular complexity index is 642. The molecule has 1 N–H and O–H groups in total. The Hall–Kier alpha value is -2.48. The molecule has 2 aromatic carbocycles. The van der Waals surface area contributed by atoms with Crippen molar-refractivity contribution < 1.29 is 13.2 Å². The van der Waals surface area contributed by atoms with Crippen LogP contribution in [0.1, 0.15) is 16.7 Å². The van der Waals surface area contributed by atoms with E-state index in [1.165, 1.54) is 6.07 Å². The van der Waals surface area contributed by atoms with Gasteiger partial charge in [-0.05, 0) is 29.8 Å². The molecule has 5 heteroatoms. The number of hydrogen-bond donors (Lipinski definition) is 1. The van der Waals surface area contributed by atoms with Gasteiger partial charge in [0, 0.05) is 6.54 Å². The maximum atomic E-state index is 12.6. The lowest BCUT2D eigenvalue weighted by molar-refractivity contribution is -0.137. The first-order chi connectivity index (χ1) is 9.50. The zero-order valence-corrected chi connectivity index (χ0v) is 10.4. The molecule has 102 valence electrons. The topological polar surface area (TPSA) is 35.8 Å². The molecule has 0 heterocycles. The number of rotatable bonds is 3. The Balaban J connectivity index is 2.14. The van der Waals surface area contributed by atoms with E-state index in [1.54, 1.807) is 30.3 Å². The molecule has 0 aliphatic carbocycles. The molecule has 0 aliphatic heterocycles. The third-order valence-corrected chi connectivity index (χ3v) is 2.78. The first kappa shape index (κ1) is 13.9. The van der Waals surface area contributed by atoms with Crippen LogP contribution in [0.5, 0.6) is 0 Å². The number of nitrogens with zero attached hydrogens (tertiary/aromatic N) is 1. The monoisotopic (exact) mass is 276 g/mol. The lowest BCUT2D eigenvalue weighted by Crippen LogP contribution is -2.07. The third-order valence-electron chi connectivity index (χ3n) is 2.78. The molecule has 0 bridgehead atoms. The molecule has 20 heavy (non-hydrogen) atoms. The van der Waals surface area contributed by atoms with E-state index in [0.717, 1.165) is 12.1 Å². The van der Waals surface area contributed by atoms with Gasteiger partial charge in [0.05, 0.1) is 16.8 Å². The van der Waals surface area contributed by atoms with Crippen LogP contribution in [0.3, 0.4) is 0 Å². The summed E-state index contributed by atoms with van der Waals surface area (Å²) >= 11 is 0. The number of para-hydroxylation sites is 1. The molecule has 2 rings (SSSR count). The van der Waals surface area contributed by atoms with E-state index < -0.39 is 11.7 Å². The summed E-state index contributed by atoms with van der Waals surface area (Å²) in [4.78, 5) is 0. The molecule has 0 radical (unpaired) electrons. The van der Waals surface area contributed by atoms with Gasteiger partial charge in [-0.3, -0.25) is 0 Å². The first-order valence-electron chi connectivity index (χ1n) is 5.90. The van der Waals surface area contributed by atoms with Crippen molar-refractivity contribution >= 4 is 5.69 Å². The summed E-state index contributed by atoms with van der Waals surface area (Å²) in [7, 11) is 0. The first-order valence-corrected chi connectivity index (χ1v) is 5.90. The van der Waals surface area contributed by atoms with Crippen molar-refractivity contribution in [3.63, 3.8) is 0 Å². The average molecular weight is 276 g/mol. The van der Waals surface area contributed by atoms with Crippen molar-refractivity contribution in [3.8, 4) is 6.07 Å². The van der Waals surface area contributed by atoms with Gasteiger partial charge in [0.25, 0.3) is 0 Å². The van der Waals surface area contributed by atoms with Crippen molar-refractivity contribution in [1.29, 1.82) is 5.26 Å². The van der Waals surface area contributed by atoms with Crippen molar-refractivity contribution in [2.45, 2.75) is 12.7 Å². The van der Waals surface area contributed by atoms with Crippen LogP contribution in [0.15, 0.2) is 48.5 Å². The number of anilines is 1. The van der Waals surface area contributed by atoms with Crippen molar-refractivity contribution in [2.24, 2.45) is 0 Å². The lowest BCUT2D eigenvalue weighted by atomic mass is 10.1. The molecule has 0 atom stereocenters. The summed E-state index contributed by atoms with van der Waals surface area (Å²) in [5, 5.41) is 11.9. The molecule has 0 saturated carbocycles. The van der Waals surface area contributed by atoms with E-state index in [0.29, 0.717) is 16.8 Å². The minimum atomic E-state index is -4.35. The largest absolute Gasteiger partial charge is 0.416 e. The molecule has 2 aromatic rings. The summed E-state index contributed by atoms with van der Waals surface area (Å²) in [6, 6.07) is 14.0. The fourth-order valence-electron chi connectivity index (χ4n) is 1.79. The second-order valence-electron chi connectivity index (χ2n) is 4.21. The summed E-state index contributed by atoms with van der Waals surface area (Å²) in [6.07, 6.45) is -4.35. The Kier molecular flexibility index (Phi) is 3.94. The zero-order valence-electron chi connectivity index (χ0n) is 10.4. The Morgan fingerprint density at radius 2 is 1.80 bits per heavy atom. The van der Waals surface area contributed by atoms with E-state index in [2.05, 4.69) is 5.32 Å². The fourth-order valence-corrected chi connectivity index (χ4v) is 1.79. The molecule has 0 aliphatic rings. The molecule has 0 aromatic heterocycles. The van der Waals surface area contributed by atoms with Crippen LogP contribution in [0, 0.1) is 11.3 Å². The number of nitrogens with one attached hydrogen (secondary N) is 1. The fraction of sp³-hybridized carbons (Fsp3) is 0.133. The predicted molar refractivity (Wildman–Crippen MR) is 69.9 cm³/mol. The molecular formula is C15H11F3N2. The number of alkyl halides is 3. The predicted octanol–water partition coefficient (Wildman–Crippen LogP) is 4.19. The van der Waals surface area contributed by atoms with Crippen molar-refractivity contribution in [1.82, 2.24) is 0 Å². The van der Waals surface area contributed by atoms with Crippen LogP contribution in [-0.2, 0) is 12.7 Å². The van der Waals surface area contributed by atoms with E-state index in [1.807, 2.05) is 6.07 Å². The second-order valence-corrected chi connectivity index (χ2v) is 4.21. The van der Waals surface area contributed by atoms with Gasteiger partial charge in [-0.1, -0.05) is 24.3 Å². The summed E-state index contributed by atoms with van der Waals surface area (Å²) < 4.78 is 37.8. The highest BCUT2D eigenvalue weighted by Gasteiger charge is 2.30.